The Morgan fingerprint density at radius 1 is 1.33 bits per heavy atom. The van der Waals surface area contributed by atoms with Crippen LogP contribution in [0.4, 0.5) is 0 Å². The molecule has 0 saturated carbocycles. The van der Waals surface area contributed by atoms with Crippen LogP contribution in [0, 0.1) is 6.92 Å². The highest BCUT2D eigenvalue weighted by atomic mass is 16.2. The number of aliphatic hydroxyl groups is 1. The molecule has 0 amide bonds. The Balaban J connectivity index is 2.60. The molecule has 0 fully saturated rings. The van der Waals surface area contributed by atoms with E-state index < -0.39 is 0 Å². The van der Waals surface area contributed by atoms with Gasteiger partial charge in [-0.1, -0.05) is 30.4 Å². The van der Waals surface area contributed by atoms with Gasteiger partial charge in [0.15, 0.2) is 0 Å². The van der Waals surface area contributed by atoms with Gasteiger partial charge in [-0.15, -0.1) is 0 Å². The molecule has 1 N–H and O–H groups in total. The molecule has 1 aromatic carbocycles. The second kappa shape index (κ2) is 4.24. The standard InChI is InChI=1S/C13H13NO/c1-10-11(5-3-9-15)6-7-12-4-2-8-14-13(10)12/h2-8,15H,9H2,1H3. The van der Waals surface area contributed by atoms with Crippen molar-refractivity contribution in [3.63, 3.8) is 0 Å². The van der Waals surface area contributed by atoms with Crippen molar-refractivity contribution in [3.8, 4) is 0 Å². The number of hydrogen-bond donors (Lipinski definition) is 1. The zero-order valence-electron chi connectivity index (χ0n) is 8.64. The Labute approximate surface area is 88.9 Å². The van der Waals surface area contributed by atoms with Crippen molar-refractivity contribution >= 4 is 17.0 Å². The first-order valence-corrected chi connectivity index (χ1v) is 4.94. The van der Waals surface area contributed by atoms with E-state index in [1.165, 1.54) is 0 Å². The zero-order valence-corrected chi connectivity index (χ0v) is 8.64. The van der Waals surface area contributed by atoms with Gasteiger partial charge < -0.3 is 5.11 Å². The molecule has 0 spiro atoms. The number of aryl methyl sites for hydroxylation is 1. The predicted molar refractivity (Wildman–Crippen MR) is 62.6 cm³/mol. The Bertz CT molecular complexity index is 503. The Kier molecular flexibility index (Phi) is 2.79. The van der Waals surface area contributed by atoms with Gasteiger partial charge in [-0.05, 0) is 24.1 Å². The summed E-state index contributed by atoms with van der Waals surface area (Å²) in [5.74, 6) is 0. The van der Waals surface area contributed by atoms with Crippen LogP contribution in [-0.2, 0) is 0 Å². The van der Waals surface area contributed by atoms with E-state index in [4.69, 9.17) is 5.11 Å². The number of aromatic nitrogens is 1. The van der Waals surface area contributed by atoms with E-state index >= 15 is 0 Å². The topological polar surface area (TPSA) is 33.1 Å². The summed E-state index contributed by atoms with van der Waals surface area (Å²) in [7, 11) is 0. The predicted octanol–water partition coefficient (Wildman–Crippen LogP) is 2.55. The molecule has 2 heteroatoms. The van der Waals surface area contributed by atoms with Gasteiger partial charge in [0.2, 0.25) is 0 Å². The number of fused-ring (bicyclic) bond motifs is 1. The molecule has 2 rings (SSSR count). The average Bonchev–Trinajstić information content (AvgIpc) is 2.29. The van der Waals surface area contributed by atoms with E-state index in [9.17, 15) is 0 Å². The number of benzene rings is 1. The molecule has 0 unspecified atom stereocenters. The van der Waals surface area contributed by atoms with Gasteiger partial charge in [-0.2, -0.15) is 0 Å². The molecule has 76 valence electrons. The Hall–Kier alpha value is -1.67. The maximum Gasteiger partial charge on any atom is 0.0737 e. The summed E-state index contributed by atoms with van der Waals surface area (Å²) in [6, 6.07) is 8.08. The molecule has 1 aromatic heterocycles. The summed E-state index contributed by atoms with van der Waals surface area (Å²) in [5.41, 5.74) is 3.28. The number of pyridine rings is 1. The maximum absolute atomic E-state index is 8.73. The van der Waals surface area contributed by atoms with Crippen molar-refractivity contribution in [1.82, 2.24) is 4.98 Å². The first-order chi connectivity index (χ1) is 7.33. The minimum absolute atomic E-state index is 0.0691. The van der Waals surface area contributed by atoms with Gasteiger partial charge in [-0.25, -0.2) is 0 Å². The summed E-state index contributed by atoms with van der Waals surface area (Å²) in [6.45, 7) is 2.12. The molecule has 1 heterocycles. The third-order valence-electron chi connectivity index (χ3n) is 2.47. The van der Waals surface area contributed by atoms with Crippen LogP contribution in [0.1, 0.15) is 11.1 Å². The average molecular weight is 199 g/mol. The maximum atomic E-state index is 8.73. The third kappa shape index (κ3) is 1.90. The van der Waals surface area contributed by atoms with Crippen molar-refractivity contribution in [2.75, 3.05) is 6.61 Å². The van der Waals surface area contributed by atoms with Crippen LogP contribution >= 0.6 is 0 Å². The zero-order chi connectivity index (χ0) is 10.7. The fourth-order valence-corrected chi connectivity index (χ4v) is 1.67. The Morgan fingerprint density at radius 3 is 3.00 bits per heavy atom. The van der Waals surface area contributed by atoms with Crippen molar-refractivity contribution in [2.24, 2.45) is 0 Å². The van der Waals surface area contributed by atoms with Crippen LogP contribution in [-0.4, -0.2) is 16.7 Å². The van der Waals surface area contributed by atoms with Crippen LogP contribution < -0.4 is 0 Å². The smallest absolute Gasteiger partial charge is 0.0737 e. The van der Waals surface area contributed by atoms with Crippen molar-refractivity contribution in [2.45, 2.75) is 6.92 Å². The van der Waals surface area contributed by atoms with E-state index in [0.29, 0.717) is 0 Å². The van der Waals surface area contributed by atoms with E-state index in [1.807, 2.05) is 31.2 Å². The van der Waals surface area contributed by atoms with Gasteiger partial charge in [0.05, 0.1) is 12.1 Å². The highest BCUT2D eigenvalue weighted by Gasteiger charge is 2.00. The van der Waals surface area contributed by atoms with Gasteiger partial charge >= 0.3 is 0 Å². The highest BCUT2D eigenvalue weighted by Crippen LogP contribution is 2.20. The molecule has 0 atom stereocenters. The molecular formula is C13H13NO. The van der Waals surface area contributed by atoms with Gasteiger partial charge in [-0.3, -0.25) is 4.98 Å². The minimum atomic E-state index is 0.0691. The number of aliphatic hydroxyl groups excluding tert-OH is 1. The summed E-state index contributed by atoms with van der Waals surface area (Å²) < 4.78 is 0. The van der Waals surface area contributed by atoms with Crippen molar-refractivity contribution in [3.05, 3.63) is 47.7 Å². The van der Waals surface area contributed by atoms with Crippen LogP contribution in [0.3, 0.4) is 0 Å². The quantitative estimate of drug-likeness (QED) is 0.806. The molecule has 2 aromatic rings. The van der Waals surface area contributed by atoms with E-state index in [0.717, 1.165) is 22.0 Å². The second-order valence-corrected chi connectivity index (χ2v) is 3.44. The first-order valence-electron chi connectivity index (χ1n) is 4.94. The lowest BCUT2D eigenvalue weighted by Gasteiger charge is -2.04. The molecule has 0 aliphatic rings. The summed E-state index contributed by atoms with van der Waals surface area (Å²) >= 11 is 0. The summed E-state index contributed by atoms with van der Waals surface area (Å²) in [5, 5.41) is 9.88. The lowest BCUT2D eigenvalue weighted by molar-refractivity contribution is 0.343. The van der Waals surface area contributed by atoms with Crippen LogP contribution in [0.25, 0.3) is 17.0 Å². The SMILES string of the molecule is Cc1c(C=CCO)ccc2cccnc12. The van der Waals surface area contributed by atoms with Gasteiger partial charge in [0.25, 0.3) is 0 Å². The van der Waals surface area contributed by atoms with Gasteiger partial charge in [0, 0.05) is 11.6 Å². The Morgan fingerprint density at radius 2 is 2.20 bits per heavy atom. The highest BCUT2D eigenvalue weighted by molar-refractivity contribution is 5.84. The number of hydrogen-bond acceptors (Lipinski definition) is 2. The monoisotopic (exact) mass is 199 g/mol. The molecule has 0 saturated heterocycles. The summed E-state index contributed by atoms with van der Waals surface area (Å²) in [6.07, 6.45) is 5.45. The molecule has 2 nitrogen and oxygen atoms in total. The molecular weight excluding hydrogens is 186 g/mol. The number of rotatable bonds is 2. The molecule has 15 heavy (non-hydrogen) atoms. The lowest BCUT2D eigenvalue weighted by Crippen LogP contribution is -1.86. The van der Waals surface area contributed by atoms with E-state index in [-0.39, 0.29) is 6.61 Å². The summed E-state index contributed by atoms with van der Waals surface area (Å²) in [4.78, 5) is 4.35. The molecule has 0 radical (unpaired) electrons. The van der Waals surface area contributed by atoms with E-state index in [1.54, 1.807) is 12.3 Å². The fourth-order valence-electron chi connectivity index (χ4n) is 1.67. The second-order valence-electron chi connectivity index (χ2n) is 3.44. The minimum Gasteiger partial charge on any atom is -0.392 e. The molecule has 0 aliphatic carbocycles. The molecule has 0 aliphatic heterocycles. The van der Waals surface area contributed by atoms with Crippen LogP contribution in [0.15, 0.2) is 36.5 Å². The third-order valence-corrected chi connectivity index (χ3v) is 2.47. The fraction of sp³-hybridized carbons (Fsp3) is 0.154. The first kappa shape index (κ1) is 9.87. The normalized spacial score (nSPS) is 11.3. The van der Waals surface area contributed by atoms with Crippen molar-refractivity contribution in [1.29, 1.82) is 0 Å². The van der Waals surface area contributed by atoms with Crippen LogP contribution in [0.2, 0.25) is 0 Å². The van der Waals surface area contributed by atoms with Gasteiger partial charge in [0.1, 0.15) is 0 Å². The lowest BCUT2D eigenvalue weighted by atomic mass is 10.0. The van der Waals surface area contributed by atoms with Crippen molar-refractivity contribution < 1.29 is 5.11 Å². The molecule has 0 bridgehead atoms. The number of nitrogens with zero attached hydrogens (tertiary/aromatic N) is 1. The van der Waals surface area contributed by atoms with Crippen LogP contribution in [0.5, 0.6) is 0 Å². The van der Waals surface area contributed by atoms with E-state index in [2.05, 4.69) is 11.1 Å². The largest absolute Gasteiger partial charge is 0.392 e.